The third-order valence-corrected chi connectivity index (χ3v) is 6.32. The van der Waals surface area contributed by atoms with Crippen LogP contribution in [0.1, 0.15) is 36.0 Å². The van der Waals surface area contributed by atoms with Gasteiger partial charge in [-0.05, 0) is 55.2 Å². The van der Waals surface area contributed by atoms with Crippen molar-refractivity contribution in [1.82, 2.24) is 9.55 Å². The number of aromatic nitrogens is 2. The van der Waals surface area contributed by atoms with Gasteiger partial charge < -0.3 is 23.9 Å². The van der Waals surface area contributed by atoms with Gasteiger partial charge in [-0.2, -0.15) is 18.2 Å². The molecule has 1 aliphatic heterocycles. The standard InChI is InChI=1S/C27H25F3N4O4/c1-17-6-5-12-34(15-17)26-32-24(27(28,29)30)23(38-26)25(36)31-19-9-10-21-18(14-19)11-13-33(21)16-22(35)37-20-7-3-2-4-8-20/h2-4,7-11,13-14,17H,5-6,12,15-16H2,1H3,(H,31,36). The largest absolute Gasteiger partial charge is 0.437 e. The smallest absolute Gasteiger partial charge is 0.425 e. The van der Waals surface area contributed by atoms with Gasteiger partial charge >= 0.3 is 12.1 Å². The average Bonchev–Trinajstić information content (AvgIpc) is 3.50. The molecule has 1 atom stereocenters. The normalized spacial score (nSPS) is 16.0. The molecule has 0 aliphatic carbocycles. The number of carbonyl (C=O) groups is 2. The van der Waals surface area contributed by atoms with Crippen LogP contribution in [-0.2, 0) is 17.5 Å². The molecule has 5 rings (SSSR count). The molecule has 38 heavy (non-hydrogen) atoms. The highest BCUT2D eigenvalue weighted by molar-refractivity contribution is 6.04. The van der Waals surface area contributed by atoms with Crippen molar-refractivity contribution in [2.45, 2.75) is 32.5 Å². The second-order valence-corrected chi connectivity index (χ2v) is 9.32. The van der Waals surface area contributed by atoms with Crippen LogP contribution in [0.25, 0.3) is 10.9 Å². The zero-order chi connectivity index (χ0) is 26.9. The number of rotatable bonds is 6. The number of fused-ring (bicyclic) bond motifs is 1. The van der Waals surface area contributed by atoms with E-state index in [-0.39, 0.29) is 24.2 Å². The van der Waals surface area contributed by atoms with Crippen molar-refractivity contribution in [2.24, 2.45) is 5.92 Å². The van der Waals surface area contributed by atoms with Crippen molar-refractivity contribution in [3.05, 3.63) is 72.2 Å². The lowest BCUT2D eigenvalue weighted by atomic mass is 10.0. The van der Waals surface area contributed by atoms with Crippen molar-refractivity contribution < 1.29 is 31.9 Å². The number of hydrogen-bond acceptors (Lipinski definition) is 6. The molecule has 4 aromatic rings. The quantitative estimate of drug-likeness (QED) is 0.255. The number of para-hydroxylation sites is 1. The second-order valence-electron chi connectivity index (χ2n) is 9.32. The van der Waals surface area contributed by atoms with E-state index >= 15 is 0 Å². The number of anilines is 2. The third-order valence-electron chi connectivity index (χ3n) is 6.32. The number of esters is 1. The van der Waals surface area contributed by atoms with Gasteiger partial charge in [0, 0.05) is 35.9 Å². The zero-order valence-electron chi connectivity index (χ0n) is 20.5. The maximum absolute atomic E-state index is 13.7. The number of benzene rings is 2. The van der Waals surface area contributed by atoms with Crippen LogP contribution in [0.4, 0.5) is 24.9 Å². The zero-order valence-corrected chi connectivity index (χ0v) is 20.5. The highest BCUT2D eigenvalue weighted by Crippen LogP contribution is 2.35. The van der Waals surface area contributed by atoms with Gasteiger partial charge in [0.1, 0.15) is 12.3 Å². The molecule has 0 spiro atoms. The van der Waals surface area contributed by atoms with Gasteiger partial charge in [-0.15, -0.1) is 0 Å². The van der Waals surface area contributed by atoms with Crippen LogP contribution < -0.4 is 15.0 Å². The number of alkyl halides is 3. The number of piperidine rings is 1. The lowest BCUT2D eigenvalue weighted by Gasteiger charge is -2.29. The number of ether oxygens (including phenoxy) is 1. The van der Waals surface area contributed by atoms with E-state index < -0.39 is 29.5 Å². The Morgan fingerprint density at radius 1 is 1.16 bits per heavy atom. The summed E-state index contributed by atoms with van der Waals surface area (Å²) in [6.45, 7) is 2.97. The molecule has 0 radical (unpaired) electrons. The minimum Gasteiger partial charge on any atom is -0.425 e. The number of hydrogen-bond donors (Lipinski definition) is 1. The average molecular weight is 527 g/mol. The molecule has 1 N–H and O–H groups in total. The molecular formula is C27H25F3N4O4. The lowest BCUT2D eigenvalue weighted by Crippen LogP contribution is -2.34. The Labute approximate surface area is 216 Å². The summed E-state index contributed by atoms with van der Waals surface area (Å²) in [5.41, 5.74) is -0.401. The first-order chi connectivity index (χ1) is 18.2. The first-order valence-corrected chi connectivity index (χ1v) is 12.2. The van der Waals surface area contributed by atoms with Gasteiger partial charge in [0.05, 0.1) is 0 Å². The summed E-state index contributed by atoms with van der Waals surface area (Å²) in [4.78, 5) is 30.5. The maximum atomic E-state index is 13.7. The van der Waals surface area contributed by atoms with Crippen molar-refractivity contribution in [3.8, 4) is 5.75 Å². The van der Waals surface area contributed by atoms with Crippen LogP contribution in [0, 0.1) is 5.92 Å². The molecular weight excluding hydrogens is 501 g/mol. The van der Waals surface area contributed by atoms with Crippen LogP contribution in [0.3, 0.4) is 0 Å². The summed E-state index contributed by atoms with van der Waals surface area (Å²) in [6.07, 6.45) is -1.40. The number of halogens is 3. The minimum atomic E-state index is -4.86. The van der Waals surface area contributed by atoms with Gasteiger partial charge in [0.2, 0.25) is 5.76 Å². The fourth-order valence-electron chi connectivity index (χ4n) is 4.55. The van der Waals surface area contributed by atoms with E-state index in [1.54, 1.807) is 58.1 Å². The first kappa shape index (κ1) is 25.4. The van der Waals surface area contributed by atoms with Crippen LogP contribution in [0.2, 0.25) is 0 Å². The van der Waals surface area contributed by atoms with Crippen molar-refractivity contribution in [3.63, 3.8) is 0 Å². The number of amides is 1. The molecule has 1 amide bonds. The Kier molecular flexibility index (Phi) is 6.83. The molecule has 2 aromatic heterocycles. The van der Waals surface area contributed by atoms with Gasteiger partial charge in [-0.25, -0.2) is 4.79 Å². The van der Waals surface area contributed by atoms with Crippen molar-refractivity contribution >= 4 is 34.5 Å². The SMILES string of the molecule is CC1CCCN(c2nc(C(F)(F)F)c(C(=O)Nc3ccc4c(ccn4CC(=O)Oc4ccccc4)c3)o2)C1. The summed E-state index contributed by atoms with van der Waals surface area (Å²) in [6, 6.07) is 15.0. The van der Waals surface area contributed by atoms with E-state index in [4.69, 9.17) is 9.15 Å². The Morgan fingerprint density at radius 2 is 1.95 bits per heavy atom. The molecule has 8 nitrogen and oxygen atoms in total. The summed E-state index contributed by atoms with van der Waals surface area (Å²) in [5.74, 6) is -1.68. The van der Waals surface area contributed by atoms with Crippen LogP contribution in [0.5, 0.6) is 5.75 Å². The number of nitrogens with zero attached hydrogens (tertiary/aromatic N) is 3. The molecule has 1 saturated heterocycles. The predicted octanol–water partition coefficient (Wildman–Crippen LogP) is 5.74. The molecule has 3 heterocycles. The Balaban J connectivity index is 1.32. The van der Waals surface area contributed by atoms with Gasteiger partial charge in [-0.3, -0.25) is 4.79 Å². The maximum Gasteiger partial charge on any atom is 0.437 e. The molecule has 198 valence electrons. The van der Waals surface area contributed by atoms with Gasteiger partial charge in [-0.1, -0.05) is 25.1 Å². The highest BCUT2D eigenvalue weighted by atomic mass is 19.4. The number of oxazole rings is 1. The first-order valence-electron chi connectivity index (χ1n) is 12.2. The van der Waals surface area contributed by atoms with E-state index in [0.717, 1.165) is 12.8 Å². The van der Waals surface area contributed by atoms with E-state index in [1.165, 1.54) is 6.07 Å². The molecule has 1 aliphatic rings. The van der Waals surface area contributed by atoms with E-state index in [2.05, 4.69) is 10.3 Å². The fourth-order valence-corrected chi connectivity index (χ4v) is 4.55. The molecule has 1 unspecified atom stereocenters. The van der Waals surface area contributed by atoms with Crippen LogP contribution >= 0.6 is 0 Å². The topological polar surface area (TPSA) is 89.6 Å². The second kappa shape index (κ2) is 10.2. The predicted molar refractivity (Wildman–Crippen MR) is 134 cm³/mol. The van der Waals surface area contributed by atoms with E-state index in [9.17, 15) is 22.8 Å². The van der Waals surface area contributed by atoms with Gasteiger partial charge in [0.25, 0.3) is 11.9 Å². The van der Waals surface area contributed by atoms with Crippen LogP contribution in [0.15, 0.2) is 65.2 Å². The third kappa shape index (κ3) is 5.51. The summed E-state index contributed by atoms with van der Waals surface area (Å²) in [5, 5.41) is 3.15. The molecule has 0 bridgehead atoms. The monoisotopic (exact) mass is 526 g/mol. The van der Waals surface area contributed by atoms with Crippen LogP contribution in [-0.4, -0.2) is 34.5 Å². The summed E-state index contributed by atoms with van der Waals surface area (Å²) >= 11 is 0. The fraction of sp³-hybridized carbons (Fsp3) is 0.296. The molecule has 0 saturated carbocycles. The van der Waals surface area contributed by atoms with Crippen molar-refractivity contribution in [2.75, 3.05) is 23.3 Å². The number of carbonyl (C=O) groups excluding carboxylic acids is 2. The van der Waals surface area contributed by atoms with Gasteiger partial charge in [0.15, 0.2) is 5.69 Å². The summed E-state index contributed by atoms with van der Waals surface area (Å²) in [7, 11) is 0. The van der Waals surface area contributed by atoms with Crippen molar-refractivity contribution in [1.29, 1.82) is 0 Å². The highest BCUT2D eigenvalue weighted by Gasteiger charge is 2.42. The minimum absolute atomic E-state index is 0.0466. The molecule has 1 fully saturated rings. The Hall–Kier alpha value is -4.28. The number of nitrogens with one attached hydrogen (secondary N) is 1. The lowest BCUT2D eigenvalue weighted by molar-refractivity contribution is -0.141. The molecule has 2 aromatic carbocycles. The molecule has 11 heteroatoms. The summed E-state index contributed by atoms with van der Waals surface area (Å²) < 4.78 is 53.5. The van der Waals surface area contributed by atoms with E-state index in [0.29, 0.717) is 29.7 Å². The van der Waals surface area contributed by atoms with E-state index in [1.807, 2.05) is 13.0 Å². The Morgan fingerprint density at radius 3 is 2.68 bits per heavy atom. The Bertz CT molecular complexity index is 1460.